The Morgan fingerprint density at radius 1 is 1.35 bits per heavy atom. The van der Waals surface area contributed by atoms with E-state index in [1.807, 2.05) is 6.07 Å². The number of nitrogens with one attached hydrogen (secondary N) is 3. The van der Waals surface area contributed by atoms with Crippen molar-refractivity contribution in [3.05, 3.63) is 23.8 Å². The molecule has 9 heteroatoms. The second kappa shape index (κ2) is 9.71. The fraction of sp³-hybridized carbons (Fsp3) is 0.529. The van der Waals surface area contributed by atoms with Gasteiger partial charge in [-0.1, -0.05) is 6.07 Å². The molecule has 1 atom stereocenters. The number of hydrogen-bond acceptors (Lipinski definition) is 7. The second-order valence-corrected chi connectivity index (χ2v) is 6.54. The van der Waals surface area contributed by atoms with Crippen molar-refractivity contribution in [1.29, 1.82) is 5.53 Å². The Morgan fingerprint density at radius 2 is 2.04 bits per heavy atom. The van der Waals surface area contributed by atoms with Crippen LogP contribution in [-0.4, -0.2) is 49.0 Å². The number of amides is 2. The highest BCUT2D eigenvalue weighted by Gasteiger charge is 2.24. The van der Waals surface area contributed by atoms with Gasteiger partial charge in [0.25, 0.3) is 0 Å². The number of anilines is 1. The van der Waals surface area contributed by atoms with Crippen molar-refractivity contribution in [3.63, 3.8) is 0 Å². The third-order valence-corrected chi connectivity index (χ3v) is 3.22. The van der Waals surface area contributed by atoms with Crippen LogP contribution in [-0.2, 0) is 16.0 Å². The first kappa shape index (κ1) is 21.4. The highest BCUT2D eigenvalue weighted by Crippen LogP contribution is 2.26. The zero-order chi connectivity index (χ0) is 19.7. The van der Waals surface area contributed by atoms with Gasteiger partial charge in [0, 0.05) is 0 Å². The van der Waals surface area contributed by atoms with Gasteiger partial charge in [-0.2, -0.15) is 5.11 Å². The lowest BCUT2D eigenvalue weighted by Gasteiger charge is -2.22. The molecule has 0 heterocycles. The standard InChI is InChI=1S/C17H26N4O5/c1-17(2,3)26-16(24)21-13(10-22)15(23)20-12-9-11(7-8-19-18)5-6-14(12)25-4/h5-6,9,13,18,22H,7-8,10H2,1-4H3,(H,20,23)(H,21,24). The van der Waals surface area contributed by atoms with Crippen molar-refractivity contribution in [1.82, 2.24) is 5.32 Å². The van der Waals surface area contributed by atoms with E-state index >= 15 is 0 Å². The van der Waals surface area contributed by atoms with Crippen molar-refractivity contribution in [2.45, 2.75) is 38.8 Å². The minimum Gasteiger partial charge on any atom is -0.495 e. The van der Waals surface area contributed by atoms with Crippen molar-refractivity contribution >= 4 is 17.7 Å². The number of ether oxygens (including phenoxy) is 2. The second-order valence-electron chi connectivity index (χ2n) is 6.54. The first-order valence-electron chi connectivity index (χ1n) is 8.11. The summed E-state index contributed by atoms with van der Waals surface area (Å²) in [5, 5.41) is 17.7. The Balaban J connectivity index is 2.85. The van der Waals surface area contributed by atoms with Crippen LogP contribution >= 0.6 is 0 Å². The predicted octanol–water partition coefficient (Wildman–Crippen LogP) is 2.09. The van der Waals surface area contributed by atoms with Gasteiger partial charge in [-0.25, -0.2) is 10.3 Å². The Bertz CT molecular complexity index is 643. The molecule has 1 unspecified atom stereocenters. The van der Waals surface area contributed by atoms with Crippen LogP contribution < -0.4 is 15.4 Å². The van der Waals surface area contributed by atoms with E-state index in [-0.39, 0.29) is 0 Å². The predicted molar refractivity (Wildman–Crippen MR) is 95.6 cm³/mol. The third-order valence-electron chi connectivity index (χ3n) is 3.22. The molecule has 0 saturated carbocycles. The molecule has 1 rings (SSSR count). The first-order valence-corrected chi connectivity index (χ1v) is 8.11. The van der Waals surface area contributed by atoms with E-state index in [0.29, 0.717) is 24.4 Å². The van der Waals surface area contributed by atoms with Gasteiger partial charge >= 0.3 is 6.09 Å². The van der Waals surface area contributed by atoms with Gasteiger partial charge in [-0.15, -0.1) is 0 Å². The molecule has 26 heavy (non-hydrogen) atoms. The molecule has 0 aliphatic carbocycles. The van der Waals surface area contributed by atoms with E-state index in [2.05, 4.69) is 15.7 Å². The molecule has 2 amide bonds. The van der Waals surface area contributed by atoms with Crippen molar-refractivity contribution in [3.8, 4) is 5.75 Å². The summed E-state index contributed by atoms with van der Waals surface area (Å²) in [6, 6.07) is 4.01. The number of nitrogens with zero attached hydrogens (tertiary/aromatic N) is 1. The van der Waals surface area contributed by atoms with E-state index in [9.17, 15) is 14.7 Å². The van der Waals surface area contributed by atoms with Gasteiger partial charge in [0.05, 0.1) is 25.9 Å². The maximum absolute atomic E-state index is 12.4. The molecule has 0 aliphatic heterocycles. The molecule has 4 N–H and O–H groups in total. The Labute approximate surface area is 152 Å². The monoisotopic (exact) mass is 366 g/mol. The van der Waals surface area contributed by atoms with E-state index < -0.39 is 30.3 Å². The average molecular weight is 366 g/mol. The van der Waals surface area contributed by atoms with Gasteiger partial charge in [0.1, 0.15) is 17.4 Å². The van der Waals surface area contributed by atoms with Gasteiger partial charge in [0.2, 0.25) is 5.91 Å². The van der Waals surface area contributed by atoms with Gasteiger partial charge in [0.15, 0.2) is 0 Å². The summed E-state index contributed by atoms with van der Waals surface area (Å²) in [6.45, 7) is 4.82. The molecule has 0 aromatic heterocycles. The molecule has 0 aliphatic rings. The van der Waals surface area contributed by atoms with Gasteiger partial charge < -0.3 is 25.2 Å². The SMILES string of the molecule is COc1ccc(CCN=N)cc1NC(=O)C(CO)NC(=O)OC(C)(C)C. The lowest BCUT2D eigenvalue weighted by atomic mass is 10.1. The summed E-state index contributed by atoms with van der Waals surface area (Å²) >= 11 is 0. The molecule has 9 nitrogen and oxygen atoms in total. The molecular formula is C17H26N4O5. The summed E-state index contributed by atoms with van der Waals surface area (Å²) in [4.78, 5) is 24.2. The lowest BCUT2D eigenvalue weighted by Crippen LogP contribution is -2.47. The maximum atomic E-state index is 12.4. The minimum atomic E-state index is -1.18. The number of rotatable bonds is 8. The Hall–Kier alpha value is -2.68. The van der Waals surface area contributed by atoms with Crippen LogP contribution in [0.4, 0.5) is 10.5 Å². The van der Waals surface area contributed by atoms with Crippen LogP contribution in [0.3, 0.4) is 0 Å². The van der Waals surface area contributed by atoms with Crippen LogP contribution in [0.5, 0.6) is 5.75 Å². The zero-order valence-electron chi connectivity index (χ0n) is 15.5. The third kappa shape index (κ3) is 7.06. The summed E-state index contributed by atoms with van der Waals surface area (Å²) in [7, 11) is 1.46. The van der Waals surface area contributed by atoms with E-state index in [4.69, 9.17) is 15.0 Å². The van der Waals surface area contributed by atoms with E-state index in [1.165, 1.54) is 7.11 Å². The number of aliphatic hydroxyl groups is 1. The van der Waals surface area contributed by atoms with Crippen LogP contribution in [0.1, 0.15) is 26.3 Å². The fourth-order valence-corrected chi connectivity index (χ4v) is 2.06. The topological polar surface area (TPSA) is 133 Å². The number of carbonyl (C=O) groups excluding carboxylic acids is 2. The molecule has 0 fully saturated rings. The molecule has 0 spiro atoms. The van der Waals surface area contributed by atoms with Crippen LogP contribution in [0.2, 0.25) is 0 Å². The van der Waals surface area contributed by atoms with E-state index in [0.717, 1.165) is 5.56 Å². The van der Waals surface area contributed by atoms with Crippen LogP contribution in [0, 0.1) is 5.53 Å². The number of aliphatic hydroxyl groups excluding tert-OH is 1. The molecule has 1 aromatic rings. The number of carbonyl (C=O) groups is 2. The van der Waals surface area contributed by atoms with Gasteiger partial charge in [-0.3, -0.25) is 4.79 Å². The van der Waals surface area contributed by atoms with Crippen LogP contribution in [0.25, 0.3) is 0 Å². The maximum Gasteiger partial charge on any atom is 0.408 e. The quantitative estimate of drug-likeness (QED) is 0.523. The Morgan fingerprint density at radius 3 is 2.58 bits per heavy atom. The summed E-state index contributed by atoms with van der Waals surface area (Å²) in [5.74, 6) is -0.183. The number of alkyl carbamates (subject to hydrolysis) is 1. The molecule has 144 valence electrons. The number of hydrogen-bond donors (Lipinski definition) is 4. The summed E-state index contributed by atoms with van der Waals surface area (Å²) in [6.07, 6.45) is -0.264. The first-order chi connectivity index (χ1) is 12.2. The highest BCUT2D eigenvalue weighted by atomic mass is 16.6. The molecular weight excluding hydrogens is 340 g/mol. The summed E-state index contributed by atoms with van der Waals surface area (Å²) < 4.78 is 10.3. The molecule has 1 aromatic carbocycles. The fourth-order valence-electron chi connectivity index (χ4n) is 2.06. The smallest absolute Gasteiger partial charge is 0.408 e. The van der Waals surface area contributed by atoms with Crippen molar-refractivity contribution in [2.24, 2.45) is 5.11 Å². The lowest BCUT2D eigenvalue weighted by molar-refractivity contribution is -0.119. The van der Waals surface area contributed by atoms with Crippen molar-refractivity contribution in [2.75, 3.05) is 25.6 Å². The molecule has 0 bridgehead atoms. The largest absolute Gasteiger partial charge is 0.495 e. The number of benzene rings is 1. The minimum absolute atomic E-state index is 0.333. The van der Waals surface area contributed by atoms with Gasteiger partial charge in [-0.05, 0) is 44.9 Å². The molecule has 0 saturated heterocycles. The Kier molecular flexibility index (Phi) is 7.98. The average Bonchev–Trinajstić information content (AvgIpc) is 2.56. The summed E-state index contributed by atoms with van der Waals surface area (Å²) in [5.41, 5.74) is 7.39. The normalized spacial score (nSPS) is 12.0. The zero-order valence-corrected chi connectivity index (χ0v) is 15.5. The van der Waals surface area contributed by atoms with E-state index in [1.54, 1.807) is 32.9 Å². The highest BCUT2D eigenvalue weighted by molar-refractivity contribution is 5.97. The number of methoxy groups -OCH3 is 1. The van der Waals surface area contributed by atoms with Crippen LogP contribution in [0.15, 0.2) is 23.3 Å². The van der Waals surface area contributed by atoms with Crippen molar-refractivity contribution < 1.29 is 24.2 Å². The molecule has 0 radical (unpaired) electrons.